The topological polar surface area (TPSA) is 60.4 Å². The van der Waals surface area contributed by atoms with Crippen molar-refractivity contribution in [3.63, 3.8) is 0 Å². The highest BCUT2D eigenvalue weighted by Gasteiger charge is 2.79. The monoisotopic (exact) mass is 428 g/mol. The van der Waals surface area contributed by atoms with Gasteiger partial charge >= 0.3 is 5.97 Å². The van der Waals surface area contributed by atoms with E-state index < -0.39 is 0 Å². The Morgan fingerprint density at radius 1 is 1.13 bits per heavy atom. The second-order valence-electron chi connectivity index (χ2n) is 11.4. The van der Waals surface area contributed by atoms with Gasteiger partial charge in [-0.2, -0.15) is 0 Å². The van der Waals surface area contributed by atoms with Crippen molar-refractivity contribution in [1.29, 1.82) is 0 Å². The van der Waals surface area contributed by atoms with E-state index in [9.17, 15) is 14.4 Å². The number of hydrogen-bond acceptors (Lipinski definition) is 5. The molecule has 9 atom stereocenters. The molecule has 1 aliphatic heterocycles. The molecule has 1 saturated heterocycles. The molecule has 162 valence electrons. The molecule has 4 nitrogen and oxygen atoms in total. The fraction of sp³-hybridized carbons (Fsp3) is 0.800. The Morgan fingerprint density at radius 2 is 1.93 bits per heavy atom. The molecule has 0 bridgehead atoms. The predicted molar refractivity (Wildman–Crippen MR) is 115 cm³/mol. The number of carbonyl (C=O) groups excluding carboxylic acids is 3. The van der Waals surface area contributed by atoms with Crippen molar-refractivity contribution in [1.82, 2.24) is 0 Å². The van der Waals surface area contributed by atoms with Gasteiger partial charge in [-0.1, -0.05) is 31.2 Å². The predicted octanol–water partition coefficient (Wildman–Crippen LogP) is 4.71. The summed E-state index contributed by atoms with van der Waals surface area (Å²) >= 11 is 1.52. The minimum atomic E-state index is -0.255. The van der Waals surface area contributed by atoms with Crippen LogP contribution in [-0.2, 0) is 19.1 Å². The third kappa shape index (κ3) is 2.28. The van der Waals surface area contributed by atoms with Crippen LogP contribution in [0, 0.1) is 40.4 Å². The number of carbonyl (C=O) groups is 3. The molecule has 0 aromatic carbocycles. The van der Waals surface area contributed by atoms with Gasteiger partial charge in [-0.25, -0.2) is 0 Å². The Bertz CT molecular complexity index is 894. The molecular formula is C25H32O4S. The van der Waals surface area contributed by atoms with E-state index >= 15 is 0 Å². The molecule has 5 heteroatoms. The first-order valence-corrected chi connectivity index (χ1v) is 12.7. The molecule has 0 aromatic heterocycles. The third-order valence-electron chi connectivity index (χ3n) is 10.4. The van der Waals surface area contributed by atoms with Crippen molar-refractivity contribution in [3.8, 4) is 0 Å². The van der Waals surface area contributed by atoms with Gasteiger partial charge in [-0.3, -0.25) is 14.4 Å². The van der Waals surface area contributed by atoms with Gasteiger partial charge in [0.25, 0.3) is 0 Å². The number of ketones is 1. The van der Waals surface area contributed by atoms with Crippen LogP contribution in [0.5, 0.6) is 0 Å². The SMILES string of the molecule is CC(=O)SC1CC2=CC(=O)CC[C@]2(C)C2CC[C@@]3(C)C(C12)C1C[C@@H]1[C@@]31CCC(=O)O1. The number of thioether (sulfide) groups is 1. The number of rotatable bonds is 1. The highest BCUT2D eigenvalue weighted by Crippen LogP contribution is 2.79. The molecule has 6 aliphatic rings. The summed E-state index contributed by atoms with van der Waals surface area (Å²) in [5, 5.41) is 0.431. The van der Waals surface area contributed by atoms with Crippen LogP contribution in [0.2, 0.25) is 0 Å². The Labute approximate surface area is 182 Å². The minimum Gasteiger partial charge on any atom is -0.458 e. The molecule has 6 rings (SSSR count). The van der Waals surface area contributed by atoms with Crippen LogP contribution in [0.3, 0.4) is 0 Å². The Morgan fingerprint density at radius 3 is 2.63 bits per heavy atom. The van der Waals surface area contributed by atoms with E-state index in [4.69, 9.17) is 4.74 Å². The summed E-state index contributed by atoms with van der Waals surface area (Å²) in [7, 11) is 0. The lowest BCUT2D eigenvalue weighted by Gasteiger charge is -2.62. The van der Waals surface area contributed by atoms with E-state index in [1.807, 2.05) is 6.08 Å². The number of hydrogen-bond donors (Lipinski definition) is 0. The molecule has 0 radical (unpaired) electrons. The maximum Gasteiger partial charge on any atom is 0.306 e. The first-order chi connectivity index (χ1) is 14.2. The first kappa shape index (κ1) is 19.6. The maximum absolute atomic E-state index is 12.3. The zero-order valence-corrected chi connectivity index (χ0v) is 19.1. The summed E-state index contributed by atoms with van der Waals surface area (Å²) < 4.78 is 6.21. The van der Waals surface area contributed by atoms with Crippen molar-refractivity contribution >= 4 is 28.6 Å². The maximum atomic E-state index is 12.3. The molecule has 30 heavy (non-hydrogen) atoms. The standard InChI is InChI=1S/C25H32O4S/c1-13(26)30-19-11-14-10-15(27)4-7-23(14,2)17-5-8-24(3)22(21(17)19)16-12-18(16)25(24)9-6-20(28)29-25/h10,16-19,21-22H,4-9,11-12H2,1-3H3/t16?,17?,18-,19?,21?,22?,23-,24-,25-/m0/s1. The quantitative estimate of drug-likeness (QED) is 0.566. The molecule has 0 amide bonds. The average molecular weight is 429 g/mol. The van der Waals surface area contributed by atoms with Gasteiger partial charge in [-0.15, -0.1) is 0 Å². The van der Waals surface area contributed by atoms with Crippen LogP contribution >= 0.6 is 11.8 Å². The Balaban J connectivity index is 1.45. The molecule has 5 unspecified atom stereocenters. The second kappa shape index (κ2) is 6.02. The molecular weight excluding hydrogens is 396 g/mol. The Kier molecular flexibility index (Phi) is 3.93. The van der Waals surface area contributed by atoms with Gasteiger partial charge in [0.1, 0.15) is 5.60 Å². The summed E-state index contributed by atoms with van der Waals surface area (Å²) in [5.74, 6) is 2.94. The summed E-state index contributed by atoms with van der Waals surface area (Å²) in [6.45, 7) is 6.49. The van der Waals surface area contributed by atoms with Crippen LogP contribution in [-0.4, -0.2) is 27.7 Å². The zero-order valence-electron chi connectivity index (χ0n) is 18.2. The van der Waals surface area contributed by atoms with E-state index in [1.54, 1.807) is 6.92 Å². The van der Waals surface area contributed by atoms with Crippen LogP contribution in [0.25, 0.3) is 0 Å². The van der Waals surface area contributed by atoms with E-state index in [2.05, 4.69) is 13.8 Å². The van der Waals surface area contributed by atoms with E-state index in [0.717, 1.165) is 32.1 Å². The van der Waals surface area contributed by atoms with Crippen LogP contribution in [0.4, 0.5) is 0 Å². The van der Waals surface area contributed by atoms with Crippen LogP contribution in [0.15, 0.2) is 11.6 Å². The molecule has 0 N–H and O–H groups in total. The summed E-state index contributed by atoms with van der Waals surface area (Å²) in [6.07, 6.45) is 9.27. The zero-order chi connectivity index (χ0) is 21.1. The summed E-state index contributed by atoms with van der Waals surface area (Å²) in [6, 6.07) is 0. The number of fused-ring (bicyclic) bond motifs is 9. The summed E-state index contributed by atoms with van der Waals surface area (Å²) in [4.78, 5) is 36.7. The van der Waals surface area contributed by atoms with Crippen molar-refractivity contribution in [2.45, 2.75) is 83.0 Å². The van der Waals surface area contributed by atoms with Crippen molar-refractivity contribution in [2.75, 3.05) is 0 Å². The van der Waals surface area contributed by atoms with Gasteiger partial charge in [0.2, 0.25) is 0 Å². The lowest BCUT2D eigenvalue weighted by atomic mass is 9.45. The fourth-order valence-corrected chi connectivity index (χ4v) is 10.4. The van der Waals surface area contributed by atoms with Gasteiger partial charge < -0.3 is 4.74 Å². The largest absolute Gasteiger partial charge is 0.458 e. The molecule has 5 aliphatic carbocycles. The lowest BCUT2D eigenvalue weighted by Crippen LogP contribution is -2.59. The van der Waals surface area contributed by atoms with E-state index in [0.29, 0.717) is 42.4 Å². The third-order valence-corrected chi connectivity index (χ3v) is 11.5. The van der Waals surface area contributed by atoms with Gasteiger partial charge in [0.05, 0.1) is 0 Å². The van der Waals surface area contributed by atoms with Crippen molar-refractivity contribution in [2.24, 2.45) is 40.4 Å². The fourth-order valence-electron chi connectivity index (χ4n) is 9.18. The minimum absolute atomic E-state index is 0.00840. The van der Waals surface area contributed by atoms with Gasteiger partial charge in [-0.05, 0) is 73.7 Å². The Hall–Kier alpha value is -1.10. The number of ether oxygens (including phenoxy) is 1. The van der Waals surface area contributed by atoms with Gasteiger partial charge in [0.15, 0.2) is 10.9 Å². The second-order valence-corrected chi connectivity index (χ2v) is 12.9. The molecule has 4 saturated carbocycles. The van der Waals surface area contributed by atoms with Crippen LogP contribution in [0.1, 0.15) is 72.1 Å². The number of esters is 1. The molecule has 1 spiro atoms. The summed E-state index contributed by atoms with van der Waals surface area (Å²) in [5.41, 5.74) is 1.16. The van der Waals surface area contributed by atoms with Crippen LogP contribution < -0.4 is 0 Å². The molecule has 0 aromatic rings. The highest BCUT2D eigenvalue weighted by molar-refractivity contribution is 8.14. The van der Waals surface area contributed by atoms with E-state index in [-0.39, 0.29) is 38.5 Å². The smallest absolute Gasteiger partial charge is 0.306 e. The molecule has 5 fully saturated rings. The van der Waals surface area contributed by atoms with Crippen molar-refractivity contribution in [3.05, 3.63) is 11.6 Å². The highest BCUT2D eigenvalue weighted by atomic mass is 32.2. The average Bonchev–Trinajstić information content (AvgIpc) is 3.31. The van der Waals surface area contributed by atoms with Gasteiger partial charge in [0, 0.05) is 36.3 Å². The number of allylic oxidation sites excluding steroid dienone is 1. The van der Waals surface area contributed by atoms with E-state index in [1.165, 1.54) is 23.8 Å². The lowest BCUT2D eigenvalue weighted by molar-refractivity contribution is -0.176. The van der Waals surface area contributed by atoms with Crippen molar-refractivity contribution < 1.29 is 19.1 Å². The molecule has 1 heterocycles. The normalized spacial score (nSPS) is 53.4. The first-order valence-electron chi connectivity index (χ1n) is 11.8.